The van der Waals surface area contributed by atoms with Crippen molar-refractivity contribution in [3.05, 3.63) is 53.3 Å². The molecule has 1 aromatic carbocycles. The molecule has 4 heteroatoms. The molecule has 1 saturated heterocycles. The minimum Gasteiger partial charge on any atom is -0.331 e. The van der Waals surface area contributed by atoms with Crippen LogP contribution in [0.4, 0.5) is 0 Å². The fourth-order valence-electron chi connectivity index (χ4n) is 3.10. The first-order valence-electron chi connectivity index (χ1n) is 7.80. The summed E-state index contributed by atoms with van der Waals surface area (Å²) in [6, 6.07) is 10.4. The van der Waals surface area contributed by atoms with E-state index in [1.807, 2.05) is 34.7 Å². The molecule has 0 spiro atoms. The normalized spacial score (nSPS) is 18.2. The van der Waals surface area contributed by atoms with E-state index in [-0.39, 0.29) is 17.5 Å². The first kappa shape index (κ1) is 14.8. The van der Waals surface area contributed by atoms with Crippen molar-refractivity contribution in [2.75, 3.05) is 6.54 Å². The lowest BCUT2D eigenvalue weighted by Gasteiger charge is -2.41. The van der Waals surface area contributed by atoms with Gasteiger partial charge in [0.1, 0.15) is 0 Å². The predicted molar refractivity (Wildman–Crippen MR) is 86.8 cm³/mol. The Morgan fingerprint density at radius 1 is 1.23 bits per heavy atom. The minimum absolute atomic E-state index is 0.0908. The summed E-state index contributed by atoms with van der Waals surface area (Å²) < 4.78 is 1.93. The van der Waals surface area contributed by atoms with Crippen molar-refractivity contribution in [2.24, 2.45) is 0 Å². The zero-order chi connectivity index (χ0) is 15.9. The summed E-state index contributed by atoms with van der Waals surface area (Å²) in [7, 11) is 0. The number of benzene rings is 1. The first-order chi connectivity index (χ1) is 10.4. The van der Waals surface area contributed by atoms with Crippen LogP contribution in [0.15, 0.2) is 36.5 Å². The Bertz CT molecular complexity index is 682. The lowest BCUT2D eigenvalue weighted by Crippen LogP contribution is -2.45. The van der Waals surface area contributed by atoms with Gasteiger partial charge >= 0.3 is 0 Å². The van der Waals surface area contributed by atoms with Crippen LogP contribution in [0.2, 0.25) is 0 Å². The molecule has 0 saturated carbocycles. The number of nitrogens with zero attached hydrogens (tertiary/aromatic N) is 3. The van der Waals surface area contributed by atoms with Crippen molar-refractivity contribution < 1.29 is 4.79 Å². The van der Waals surface area contributed by atoms with Gasteiger partial charge in [0.05, 0.1) is 23.3 Å². The third-order valence-corrected chi connectivity index (χ3v) is 4.34. The van der Waals surface area contributed by atoms with Crippen LogP contribution >= 0.6 is 0 Å². The number of aromatic nitrogens is 2. The number of rotatable bonds is 2. The zero-order valence-electron chi connectivity index (χ0n) is 13.7. The lowest BCUT2D eigenvalue weighted by atomic mass is 9.94. The molecule has 22 heavy (non-hydrogen) atoms. The van der Waals surface area contributed by atoms with Crippen molar-refractivity contribution in [1.82, 2.24) is 14.7 Å². The van der Waals surface area contributed by atoms with E-state index in [4.69, 9.17) is 0 Å². The van der Waals surface area contributed by atoms with Gasteiger partial charge in [-0.1, -0.05) is 30.3 Å². The van der Waals surface area contributed by atoms with Gasteiger partial charge in [0.25, 0.3) is 5.91 Å². The molecular weight excluding hydrogens is 274 g/mol. The van der Waals surface area contributed by atoms with Crippen molar-refractivity contribution in [2.45, 2.75) is 45.7 Å². The first-order valence-corrected chi connectivity index (χ1v) is 7.80. The summed E-state index contributed by atoms with van der Waals surface area (Å²) >= 11 is 0. The maximum absolute atomic E-state index is 12.8. The van der Waals surface area contributed by atoms with Gasteiger partial charge in [0.15, 0.2) is 0 Å². The van der Waals surface area contributed by atoms with Gasteiger partial charge < -0.3 is 4.90 Å². The SMILES string of the molecule is Cc1c(C(=O)N2CCC2c2ccccc2)cnn1C(C)(C)C. The van der Waals surface area contributed by atoms with Gasteiger partial charge in [-0.2, -0.15) is 5.10 Å². The maximum Gasteiger partial charge on any atom is 0.257 e. The smallest absolute Gasteiger partial charge is 0.257 e. The second-order valence-corrected chi connectivity index (χ2v) is 6.94. The van der Waals surface area contributed by atoms with Gasteiger partial charge in [0, 0.05) is 12.2 Å². The van der Waals surface area contributed by atoms with E-state index >= 15 is 0 Å². The fraction of sp³-hybridized carbons (Fsp3) is 0.444. The number of hydrogen-bond donors (Lipinski definition) is 0. The van der Waals surface area contributed by atoms with Gasteiger partial charge in [-0.25, -0.2) is 0 Å². The van der Waals surface area contributed by atoms with Crippen molar-refractivity contribution in [3.63, 3.8) is 0 Å². The number of carbonyl (C=O) groups excluding carboxylic acids is 1. The highest BCUT2D eigenvalue weighted by Crippen LogP contribution is 2.35. The number of amides is 1. The molecule has 0 bridgehead atoms. The molecule has 0 aliphatic carbocycles. The summed E-state index contributed by atoms with van der Waals surface area (Å²) in [6.45, 7) is 9.08. The number of carbonyl (C=O) groups is 1. The van der Waals surface area contributed by atoms with E-state index in [1.54, 1.807) is 6.20 Å². The van der Waals surface area contributed by atoms with E-state index in [1.165, 1.54) is 5.56 Å². The number of likely N-dealkylation sites (tertiary alicyclic amines) is 1. The minimum atomic E-state index is -0.115. The molecule has 2 aromatic rings. The third kappa shape index (κ3) is 2.43. The summed E-state index contributed by atoms with van der Waals surface area (Å²) in [6.07, 6.45) is 2.74. The quantitative estimate of drug-likeness (QED) is 0.850. The second-order valence-electron chi connectivity index (χ2n) is 6.94. The Morgan fingerprint density at radius 2 is 1.91 bits per heavy atom. The van der Waals surface area contributed by atoms with E-state index in [2.05, 4.69) is 38.0 Å². The fourth-order valence-corrected chi connectivity index (χ4v) is 3.10. The van der Waals surface area contributed by atoms with Gasteiger partial charge in [0.2, 0.25) is 0 Å². The van der Waals surface area contributed by atoms with Crippen LogP contribution in [-0.4, -0.2) is 27.1 Å². The molecule has 1 fully saturated rings. The molecule has 1 aliphatic rings. The highest BCUT2D eigenvalue weighted by Gasteiger charge is 2.35. The molecule has 1 atom stereocenters. The van der Waals surface area contributed by atoms with E-state index < -0.39 is 0 Å². The van der Waals surface area contributed by atoms with Crippen LogP contribution in [0.3, 0.4) is 0 Å². The van der Waals surface area contributed by atoms with E-state index in [9.17, 15) is 4.79 Å². The molecule has 1 aromatic heterocycles. The van der Waals surface area contributed by atoms with Crippen LogP contribution in [0.25, 0.3) is 0 Å². The second kappa shape index (κ2) is 5.27. The summed E-state index contributed by atoms with van der Waals surface area (Å²) in [5.74, 6) is 0.0908. The molecule has 4 nitrogen and oxygen atoms in total. The zero-order valence-corrected chi connectivity index (χ0v) is 13.7. The molecule has 3 rings (SSSR count). The van der Waals surface area contributed by atoms with Crippen LogP contribution in [0.1, 0.15) is 54.8 Å². The van der Waals surface area contributed by atoms with Gasteiger partial charge in [-0.05, 0) is 39.7 Å². The Kier molecular flexibility index (Phi) is 3.55. The largest absolute Gasteiger partial charge is 0.331 e. The Labute approximate surface area is 131 Å². The van der Waals surface area contributed by atoms with Gasteiger partial charge in [-0.15, -0.1) is 0 Å². The Hall–Kier alpha value is -2.10. The lowest BCUT2D eigenvalue weighted by molar-refractivity contribution is 0.0459. The average molecular weight is 297 g/mol. The third-order valence-electron chi connectivity index (χ3n) is 4.34. The molecule has 1 aliphatic heterocycles. The molecule has 0 N–H and O–H groups in total. The van der Waals surface area contributed by atoms with Crippen molar-refractivity contribution in [3.8, 4) is 0 Å². The highest BCUT2D eigenvalue weighted by molar-refractivity contribution is 5.95. The van der Waals surface area contributed by atoms with Crippen LogP contribution in [0.5, 0.6) is 0 Å². The standard InChI is InChI=1S/C18H23N3O/c1-13-15(12-19-21(13)18(2,3)4)17(22)20-11-10-16(20)14-8-6-5-7-9-14/h5-9,12,16H,10-11H2,1-4H3. The summed E-state index contributed by atoms with van der Waals surface area (Å²) in [5, 5.41) is 4.42. The molecule has 116 valence electrons. The topological polar surface area (TPSA) is 38.1 Å². The molecular formula is C18H23N3O. The molecule has 2 heterocycles. The highest BCUT2D eigenvalue weighted by atomic mass is 16.2. The van der Waals surface area contributed by atoms with Crippen LogP contribution in [0, 0.1) is 6.92 Å². The maximum atomic E-state index is 12.8. The number of hydrogen-bond acceptors (Lipinski definition) is 2. The van der Waals surface area contributed by atoms with Crippen molar-refractivity contribution >= 4 is 5.91 Å². The summed E-state index contributed by atoms with van der Waals surface area (Å²) in [5.41, 5.74) is 2.76. The summed E-state index contributed by atoms with van der Waals surface area (Å²) in [4.78, 5) is 14.8. The monoisotopic (exact) mass is 297 g/mol. The van der Waals surface area contributed by atoms with E-state index in [0.717, 1.165) is 24.2 Å². The van der Waals surface area contributed by atoms with Gasteiger partial charge in [-0.3, -0.25) is 9.48 Å². The van der Waals surface area contributed by atoms with Crippen molar-refractivity contribution in [1.29, 1.82) is 0 Å². The van der Waals surface area contributed by atoms with E-state index in [0.29, 0.717) is 0 Å². The van der Waals surface area contributed by atoms with Crippen LogP contribution < -0.4 is 0 Å². The Balaban J connectivity index is 1.85. The Morgan fingerprint density at radius 3 is 2.41 bits per heavy atom. The molecule has 1 unspecified atom stereocenters. The van der Waals surface area contributed by atoms with Crippen LogP contribution in [-0.2, 0) is 5.54 Å². The predicted octanol–water partition coefficient (Wildman–Crippen LogP) is 3.53. The molecule has 1 amide bonds. The average Bonchev–Trinajstić information content (AvgIpc) is 2.80. The molecule has 0 radical (unpaired) electrons.